The van der Waals surface area contributed by atoms with Gasteiger partial charge in [0.2, 0.25) is 5.83 Å². The van der Waals surface area contributed by atoms with E-state index in [0.717, 1.165) is 19.1 Å². The lowest BCUT2D eigenvalue weighted by Gasteiger charge is -2.27. The van der Waals surface area contributed by atoms with Crippen LogP contribution in [0.4, 0.5) is 4.39 Å². The Morgan fingerprint density at radius 2 is 2.44 bits per heavy atom. The van der Waals surface area contributed by atoms with Gasteiger partial charge in [0.15, 0.2) is 4.73 Å². The van der Waals surface area contributed by atoms with Crippen LogP contribution in [0.5, 0.6) is 0 Å². The molecule has 0 spiro atoms. The Morgan fingerprint density at radius 3 is 2.94 bits per heavy atom. The molecule has 0 radical (unpaired) electrons. The molecule has 0 amide bonds. The number of aromatic nitrogens is 2. The highest BCUT2D eigenvalue weighted by molar-refractivity contribution is 9.10. The number of carboxylic acids is 1. The number of ether oxygens (including phenoxy) is 1. The van der Waals surface area contributed by atoms with E-state index in [0.29, 0.717) is 22.7 Å². The van der Waals surface area contributed by atoms with Crippen molar-refractivity contribution in [2.75, 3.05) is 6.61 Å². The Bertz CT molecular complexity index is 509. The van der Waals surface area contributed by atoms with Gasteiger partial charge in [0.05, 0.1) is 24.0 Å². The molecule has 1 aromatic rings. The Labute approximate surface area is 111 Å². The van der Waals surface area contributed by atoms with Crippen molar-refractivity contribution in [2.24, 2.45) is 0 Å². The Hall–Kier alpha value is -1.21. The maximum atomic E-state index is 13.2. The molecule has 1 fully saturated rings. The second kappa shape index (κ2) is 5.19. The van der Waals surface area contributed by atoms with E-state index in [-0.39, 0.29) is 6.10 Å². The smallest absolute Gasteiger partial charge is 0.364 e. The number of rotatable bonds is 4. The van der Waals surface area contributed by atoms with E-state index in [1.165, 1.54) is 0 Å². The van der Waals surface area contributed by atoms with Crippen molar-refractivity contribution < 1.29 is 19.0 Å². The summed E-state index contributed by atoms with van der Waals surface area (Å²) in [5.41, 5.74) is 1.01. The van der Waals surface area contributed by atoms with Crippen molar-refractivity contribution in [3.8, 4) is 0 Å². The van der Waals surface area contributed by atoms with Crippen LogP contribution in [0.3, 0.4) is 0 Å². The summed E-state index contributed by atoms with van der Waals surface area (Å²) in [5, 5.41) is 8.56. The maximum absolute atomic E-state index is 13.2. The average Bonchev–Trinajstić information content (AvgIpc) is 2.48. The summed E-state index contributed by atoms with van der Waals surface area (Å²) in [7, 11) is 0. The average molecular weight is 319 g/mol. The Kier molecular flexibility index (Phi) is 3.82. The molecule has 1 N–H and O–H groups in total. The molecule has 18 heavy (non-hydrogen) atoms. The molecule has 7 heteroatoms. The maximum Gasteiger partial charge on any atom is 0.364 e. The molecule has 2 rings (SSSR count). The monoisotopic (exact) mass is 318 g/mol. The van der Waals surface area contributed by atoms with Crippen molar-refractivity contribution in [3.63, 3.8) is 0 Å². The standard InChI is InChI=1S/C11H12BrFN2O3/c1-6-9(4-8(13)10(16)17)15(11(12)14-6)5-7-2-3-18-7/h4,7H,2-3,5H2,1H3,(H,16,17). The van der Waals surface area contributed by atoms with Crippen LogP contribution < -0.4 is 0 Å². The molecule has 1 atom stereocenters. The molecule has 2 heterocycles. The van der Waals surface area contributed by atoms with E-state index in [2.05, 4.69) is 20.9 Å². The molecule has 98 valence electrons. The summed E-state index contributed by atoms with van der Waals surface area (Å²) in [6.07, 6.45) is 2.00. The minimum atomic E-state index is -1.59. The molecule has 1 aliphatic heterocycles. The third-order valence-corrected chi connectivity index (χ3v) is 3.40. The first-order valence-corrected chi connectivity index (χ1v) is 6.23. The van der Waals surface area contributed by atoms with E-state index in [9.17, 15) is 9.18 Å². The van der Waals surface area contributed by atoms with Gasteiger partial charge < -0.3 is 14.4 Å². The van der Waals surface area contributed by atoms with Gasteiger partial charge in [-0.05, 0) is 29.3 Å². The molecular formula is C11H12BrFN2O3. The summed E-state index contributed by atoms with van der Waals surface area (Å²) >= 11 is 3.27. The summed E-state index contributed by atoms with van der Waals surface area (Å²) in [6, 6.07) is 0. The second-order valence-corrected chi connectivity index (χ2v) is 4.75. The van der Waals surface area contributed by atoms with Crippen molar-refractivity contribution in [2.45, 2.75) is 26.0 Å². The van der Waals surface area contributed by atoms with Gasteiger partial charge in [-0.3, -0.25) is 0 Å². The van der Waals surface area contributed by atoms with Gasteiger partial charge in [0, 0.05) is 12.7 Å². The van der Waals surface area contributed by atoms with Crippen LogP contribution in [0.25, 0.3) is 6.08 Å². The quantitative estimate of drug-likeness (QED) is 0.864. The van der Waals surface area contributed by atoms with Crippen LogP contribution in [-0.2, 0) is 16.1 Å². The minimum absolute atomic E-state index is 0.0786. The van der Waals surface area contributed by atoms with Crippen molar-refractivity contribution in [3.05, 3.63) is 21.9 Å². The fraction of sp³-hybridized carbons (Fsp3) is 0.455. The second-order valence-electron chi connectivity index (χ2n) is 4.04. The largest absolute Gasteiger partial charge is 0.476 e. The molecular weight excluding hydrogens is 307 g/mol. The topological polar surface area (TPSA) is 64.4 Å². The SMILES string of the molecule is Cc1nc(Br)n(CC2CCO2)c1C=C(F)C(=O)O. The number of aryl methyl sites for hydroxylation is 1. The van der Waals surface area contributed by atoms with Crippen LogP contribution in [0.1, 0.15) is 17.8 Å². The zero-order valence-electron chi connectivity index (χ0n) is 9.69. The van der Waals surface area contributed by atoms with Gasteiger partial charge in [0.1, 0.15) is 0 Å². The van der Waals surface area contributed by atoms with Crippen LogP contribution in [-0.4, -0.2) is 33.3 Å². The molecule has 5 nitrogen and oxygen atoms in total. The van der Waals surface area contributed by atoms with Gasteiger partial charge in [-0.15, -0.1) is 0 Å². The molecule has 0 aromatic carbocycles. The van der Waals surface area contributed by atoms with E-state index >= 15 is 0 Å². The summed E-state index contributed by atoms with van der Waals surface area (Å²) < 4.78 is 20.7. The molecule has 0 aliphatic carbocycles. The predicted molar refractivity (Wildman–Crippen MR) is 65.7 cm³/mol. The van der Waals surface area contributed by atoms with Crippen LogP contribution in [0.15, 0.2) is 10.6 Å². The van der Waals surface area contributed by atoms with Gasteiger partial charge in [-0.1, -0.05) is 0 Å². The van der Waals surface area contributed by atoms with E-state index in [4.69, 9.17) is 9.84 Å². The highest BCUT2D eigenvalue weighted by Crippen LogP contribution is 2.23. The number of hydrogen-bond donors (Lipinski definition) is 1. The van der Waals surface area contributed by atoms with Gasteiger partial charge in [0.25, 0.3) is 0 Å². The highest BCUT2D eigenvalue weighted by atomic mass is 79.9. The number of carbonyl (C=O) groups is 1. The summed E-state index contributed by atoms with van der Waals surface area (Å²) in [5.74, 6) is -2.79. The lowest BCUT2D eigenvalue weighted by molar-refractivity contribution is -0.134. The van der Waals surface area contributed by atoms with E-state index < -0.39 is 11.8 Å². The zero-order valence-corrected chi connectivity index (χ0v) is 11.3. The highest BCUT2D eigenvalue weighted by Gasteiger charge is 2.22. The molecule has 1 aliphatic rings. The van der Waals surface area contributed by atoms with Crippen molar-refractivity contribution in [1.82, 2.24) is 9.55 Å². The third-order valence-electron chi connectivity index (χ3n) is 2.79. The van der Waals surface area contributed by atoms with Crippen molar-refractivity contribution in [1.29, 1.82) is 0 Å². The molecule has 1 unspecified atom stereocenters. The first-order chi connectivity index (χ1) is 8.49. The van der Waals surface area contributed by atoms with Gasteiger partial charge >= 0.3 is 5.97 Å². The number of aliphatic carboxylic acids is 1. The number of imidazole rings is 1. The third kappa shape index (κ3) is 2.62. The summed E-state index contributed by atoms with van der Waals surface area (Å²) in [6.45, 7) is 2.95. The van der Waals surface area contributed by atoms with Gasteiger partial charge in [-0.25, -0.2) is 9.78 Å². The fourth-order valence-electron chi connectivity index (χ4n) is 1.72. The predicted octanol–water partition coefficient (Wildman–Crippen LogP) is 2.14. The van der Waals surface area contributed by atoms with E-state index in [1.807, 2.05) is 0 Å². The Balaban J connectivity index is 2.32. The summed E-state index contributed by atoms with van der Waals surface area (Å²) in [4.78, 5) is 14.7. The first kappa shape index (κ1) is 13.2. The first-order valence-electron chi connectivity index (χ1n) is 5.43. The van der Waals surface area contributed by atoms with Crippen molar-refractivity contribution >= 4 is 28.0 Å². The minimum Gasteiger partial charge on any atom is -0.476 e. The molecule has 0 saturated carbocycles. The normalized spacial score (nSPS) is 19.7. The van der Waals surface area contributed by atoms with Gasteiger partial charge in [-0.2, -0.15) is 4.39 Å². The number of hydrogen-bond acceptors (Lipinski definition) is 3. The zero-order chi connectivity index (χ0) is 13.3. The lowest BCUT2D eigenvalue weighted by atomic mass is 10.2. The molecule has 1 saturated heterocycles. The van der Waals surface area contributed by atoms with Crippen LogP contribution >= 0.6 is 15.9 Å². The van der Waals surface area contributed by atoms with Crippen LogP contribution in [0, 0.1) is 6.92 Å². The number of nitrogens with zero attached hydrogens (tertiary/aromatic N) is 2. The Morgan fingerprint density at radius 1 is 1.78 bits per heavy atom. The number of halogens is 2. The fourth-order valence-corrected chi connectivity index (χ4v) is 2.32. The number of carboxylic acid groups (broad SMARTS) is 1. The lowest BCUT2D eigenvalue weighted by Crippen LogP contribution is -2.31. The molecule has 1 aromatic heterocycles. The van der Waals surface area contributed by atoms with Crippen LogP contribution in [0.2, 0.25) is 0 Å². The molecule has 0 bridgehead atoms. The van der Waals surface area contributed by atoms with E-state index in [1.54, 1.807) is 11.5 Å².